The number of rotatable bonds is 1. The second-order valence-electron chi connectivity index (χ2n) is 5.26. The summed E-state index contributed by atoms with van der Waals surface area (Å²) in [6.07, 6.45) is 0. The highest BCUT2D eigenvalue weighted by atomic mass is 15.1. The number of aryl methyl sites for hydroxylation is 1. The van der Waals surface area contributed by atoms with Crippen LogP contribution in [0.25, 0.3) is 32.9 Å². The standard InChI is InChI=1S/C19H14N2/c1-13-6-2-3-7-15(13)14-10-11-17-16-8-4-5-9-18(16)20-21-19(17)12-14/h2-12H,1H3. The van der Waals surface area contributed by atoms with Gasteiger partial charge in [-0.25, -0.2) is 0 Å². The minimum Gasteiger partial charge on any atom is -0.150 e. The molecule has 0 amide bonds. The van der Waals surface area contributed by atoms with Gasteiger partial charge >= 0.3 is 0 Å². The molecule has 0 fully saturated rings. The summed E-state index contributed by atoms with van der Waals surface area (Å²) in [5, 5.41) is 11.0. The molecule has 4 rings (SSSR count). The third kappa shape index (κ3) is 1.96. The average Bonchev–Trinajstić information content (AvgIpc) is 2.54. The third-order valence-corrected chi connectivity index (χ3v) is 3.91. The van der Waals surface area contributed by atoms with Gasteiger partial charge in [0, 0.05) is 10.8 Å². The van der Waals surface area contributed by atoms with Crippen molar-refractivity contribution in [1.82, 2.24) is 10.2 Å². The Morgan fingerprint density at radius 2 is 1.38 bits per heavy atom. The summed E-state index contributed by atoms with van der Waals surface area (Å²) in [6.45, 7) is 2.13. The molecule has 0 atom stereocenters. The molecule has 21 heavy (non-hydrogen) atoms. The first-order chi connectivity index (χ1) is 10.3. The molecule has 0 bridgehead atoms. The topological polar surface area (TPSA) is 25.8 Å². The number of nitrogens with zero attached hydrogens (tertiary/aromatic N) is 2. The number of benzene rings is 3. The molecule has 4 aromatic rings. The first-order valence-electron chi connectivity index (χ1n) is 7.04. The summed E-state index contributed by atoms with van der Waals surface area (Å²) < 4.78 is 0. The van der Waals surface area contributed by atoms with E-state index in [-0.39, 0.29) is 0 Å². The van der Waals surface area contributed by atoms with Gasteiger partial charge in [-0.1, -0.05) is 54.6 Å². The molecule has 100 valence electrons. The highest BCUT2D eigenvalue weighted by Crippen LogP contribution is 2.28. The minimum atomic E-state index is 0.939. The molecule has 0 saturated heterocycles. The monoisotopic (exact) mass is 270 g/mol. The van der Waals surface area contributed by atoms with E-state index in [4.69, 9.17) is 0 Å². The summed E-state index contributed by atoms with van der Waals surface area (Å²) in [5.74, 6) is 0. The lowest BCUT2D eigenvalue weighted by Crippen LogP contribution is -1.89. The Morgan fingerprint density at radius 3 is 2.29 bits per heavy atom. The Kier molecular flexibility index (Phi) is 2.68. The lowest BCUT2D eigenvalue weighted by Gasteiger charge is -2.08. The van der Waals surface area contributed by atoms with Crippen LogP contribution in [0.1, 0.15) is 5.56 Å². The highest BCUT2D eigenvalue weighted by molar-refractivity contribution is 6.04. The SMILES string of the molecule is Cc1ccccc1-c1ccc2c(c1)nnc1ccccc12. The molecule has 2 nitrogen and oxygen atoms in total. The number of hydrogen-bond acceptors (Lipinski definition) is 2. The maximum absolute atomic E-state index is 4.38. The largest absolute Gasteiger partial charge is 0.150 e. The van der Waals surface area contributed by atoms with Crippen molar-refractivity contribution >= 4 is 21.8 Å². The smallest absolute Gasteiger partial charge is 0.0942 e. The van der Waals surface area contributed by atoms with Crippen LogP contribution in [0.2, 0.25) is 0 Å². The van der Waals surface area contributed by atoms with Gasteiger partial charge in [0.15, 0.2) is 0 Å². The zero-order valence-electron chi connectivity index (χ0n) is 11.7. The molecule has 0 saturated carbocycles. The van der Waals surface area contributed by atoms with E-state index in [2.05, 4.69) is 65.7 Å². The van der Waals surface area contributed by atoms with E-state index in [1.54, 1.807) is 0 Å². The molecule has 0 aliphatic carbocycles. The fourth-order valence-electron chi connectivity index (χ4n) is 2.80. The zero-order chi connectivity index (χ0) is 14.2. The molecule has 2 heteroatoms. The van der Waals surface area contributed by atoms with Crippen LogP contribution in [0.4, 0.5) is 0 Å². The van der Waals surface area contributed by atoms with Crippen molar-refractivity contribution in [3.63, 3.8) is 0 Å². The highest BCUT2D eigenvalue weighted by Gasteiger charge is 2.06. The van der Waals surface area contributed by atoms with Crippen LogP contribution in [0.15, 0.2) is 66.7 Å². The molecule has 0 unspecified atom stereocenters. The summed E-state index contributed by atoms with van der Waals surface area (Å²) in [6, 6.07) is 23.0. The number of hydrogen-bond donors (Lipinski definition) is 0. The van der Waals surface area contributed by atoms with Gasteiger partial charge in [0.25, 0.3) is 0 Å². The van der Waals surface area contributed by atoms with Gasteiger partial charge in [-0.05, 0) is 35.7 Å². The first-order valence-corrected chi connectivity index (χ1v) is 7.04. The maximum Gasteiger partial charge on any atom is 0.0942 e. The summed E-state index contributed by atoms with van der Waals surface area (Å²) in [7, 11) is 0. The van der Waals surface area contributed by atoms with Crippen LogP contribution in [-0.2, 0) is 0 Å². The second kappa shape index (κ2) is 4.67. The van der Waals surface area contributed by atoms with E-state index >= 15 is 0 Å². The predicted molar refractivity (Wildman–Crippen MR) is 87.2 cm³/mol. The van der Waals surface area contributed by atoms with Gasteiger partial charge in [0.05, 0.1) is 11.0 Å². The summed E-state index contributed by atoms with van der Waals surface area (Å²) in [5.41, 5.74) is 5.58. The van der Waals surface area contributed by atoms with E-state index in [1.165, 1.54) is 16.7 Å². The Bertz CT molecular complexity index is 958. The van der Waals surface area contributed by atoms with Crippen molar-refractivity contribution in [2.24, 2.45) is 0 Å². The van der Waals surface area contributed by atoms with Gasteiger partial charge in [-0.3, -0.25) is 0 Å². The van der Waals surface area contributed by atoms with Crippen LogP contribution in [0, 0.1) is 6.92 Å². The fraction of sp³-hybridized carbons (Fsp3) is 0.0526. The van der Waals surface area contributed by atoms with Gasteiger partial charge in [-0.15, -0.1) is 10.2 Å². The van der Waals surface area contributed by atoms with E-state index in [9.17, 15) is 0 Å². The average molecular weight is 270 g/mol. The molecular formula is C19H14N2. The van der Waals surface area contributed by atoms with Crippen LogP contribution < -0.4 is 0 Å². The normalized spacial score (nSPS) is 11.1. The molecule has 0 aliphatic heterocycles. The molecule has 0 N–H and O–H groups in total. The van der Waals surface area contributed by atoms with Gasteiger partial charge in [0.2, 0.25) is 0 Å². The maximum atomic E-state index is 4.38. The second-order valence-corrected chi connectivity index (χ2v) is 5.26. The Morgan fingerprint density at radius 1 is 0.667 bits per heavy atom. The minimum absolute atomic E-state index is 0.939. The lowest BCUT2D eigenvalue weighted by molar-refractivity contribution is 1.12. The van der Waals surface area contributed by atoms with Gasteiger partial charge in [-0.2, -0.15) is 0 Å². The third-order valence-electron chi connectivity index (χ3n) is 3.91. The Balaban J connectivity index is 1.99. The van der Waals surface area contributed by atoms with Gasteiger partial charge in [0.1, 0.15) is 0 Å². The molecule has 1 aromatic heterocycles. The van der Waals surface area contributed by atoms with Crippen LogP contribution in [-0.4, -0.2) is 10.2 Å². The van der Waals surface area contributed by atoms with Crippen molar-refractivity contribution in [1.29, 1.82) is 0 Å². The van der Waals surface area contributed by atoms with Crippen molar-refractivity contribution in [3.8, 4) is 11.1 Å². The van der Waals surface area contributed by atoms with Crippen molar-refractivity contribution < 1.29 is 0 Å². The summed E-state index contributed by atoms with van der Waals surface area (Å²) >= 11 is 0. The van der Waals surface area contributed by atoms with Crippen molar-refractivity contribution in [2.75, 3.05) is 0 Å². The van der Waals surface area contributed by atoms with Crippen molar-refractivity contribution in [2.45, 2.75) is 6.92 Å². The molecular weight excluding hydrogens is 256 g/mol. The van der Waals surface area contributed by atoms with E-state index < -0.39 is 0 Å². The molecule has 0 radical (unpaired) electrons. The van der Waals surface area contributed by atoms with Crippen molar-refractivity contribution in [3.05, 3.63) is 72.3 Å². The molecule has 0 spiro atoms. The van der Waals surface area contributed by atoms with E-state index in [1.807, 2.05) is 18.2 Å². The molecule has 3 aromatic carbocycles. The van der Waals surface area contributed by atoms with Crippen LogP contribution >= 0.6 is 0 Å². The van der Waals surface area contributed by atoms with Crippen LogP contribution in [0.5, 0.6) is 0 Å². The van der Waals surface area contributed by atoms with E-state index in [0.29, 0.717) is 0 Å². The van der Waals surface area contributed by atoms with Crippen LogP contribution in [0.3, 0.4) is 0 Å². The summed E-state index contributed by atoms with van der Waals surface area (Å²) in [4.78, 5) is 0. The molecule has 1 heterocycles. The number of fused-ring (bicyclic) bond motifs is 3. The van der Waals surface area contributed by atoms with Gasteiger partial charge < -0.3 is 0 Å². The Labute approximate surface area is 123 Å². The lowest BCUT2D eigenvalue weighted by atomic mass is 9.98. The quantitative estimate of drug-likeness (QED) is 0.466. The Hall–Kier alpha value is -2.74. The predicted octanol–water partition coefficient (Wildman–Crippen LogP) is 4.76. The number of aromatic nitrogens is 2. The first kappa shape index (κ1) is 12.0. The zero-order valence-corrected chi connectivity index (χ0v) is 11.7. The van der Waals surface area contributed by atoms with E-state index in [0.717, 1.165) is 21.8 Å². The molecule has 0 aliphatic rings. The fourth-order valence-corrected chi connectivity index (χ4v) is 2.80.